The molecule has 0 saturated carbocycles. The molecule has 0 N–H and O–H groups in total. The predicted molar refractivity (Wildman–Crippen MR) is 110 cm³/mol. The summed E-state index contributed by atoms with van der Waals surface area (Å²) in [5, 5.41) is 0.614. The summed E-state index contributed by atoms with van der Waals surface area (Å²) in [6.45, 7) is 4.02. The van der Waals surface area contributed by atoms with Crippen LogP contribution in [0.4, 0.5) is 0 Å². The second-order valence-corrected chi connectivity index (χ2v) is 8.97. The largest absolute Gasteiger partial charge is 0.261 e. The van der Waals surface area contributed by atoms with Crippen molar-refractivity contribution in [3.63, 3.8) is 0 Å². The van der Waals surface area contributed by atoms with E-state index in [1.165, 1.54) is 6.26 Å². The molecule has 0 fully saturated rings. The highest BCUT2D eigenvalue weighted by Gasteiger charge is 2.15. The van der Waals surface area contributed by atoms with Crippen LogP contribution in [0, 0.1) is 6.92 Å². The summed E-state index contributed by atoms with van der Waals surface area (Å²) in [5.41, 5.74) is 5.19. The molecule has 0 bridgehead atoms. The lowest BCUT2D eigenvalue weighted by atomic mass is 9.99. The molecule has 0 aliphatic heterocycles. The molecule has 0 unspecified atom stereocenters. The van der Waals surface area contributed by atoms with Gasteiger partial charge < -0.3 is 0 Å². The van der Waals surface area contributed by atoms with Crippen LogP contribution in [0.25, 0.3) is 22.4 Å². The van der Waals surface area contributed by atoms with Crippen molar-refractivity contribution in [3.05, 3.63) is 65.1 Å². The molecule has 0 atom stereocenters. The summed E-state index contributed by atoms with van der Waals surface area (Å²) >= 11 is 6.47. The van der Waals surface area contributed by atoms with Crippen LogP contribution < -0.4 is 0 Å². The average Bonchev–Trinajstić information content (AvgIpc) is 2.63. The monoisotopic (exact) mass is 400 g/mol. The van der Waals surface area contributed by atoms with E-state index in [0.717, 1.165) is 46.6 Å². The predicted octanol–water partition coefficient (Wildman–Crippen LogP) is 5.13. The molecule has 3 rings (SSSR count). The number of pyridine rings is 2. The molecule has 2 heterocycles. The first kappa shape index (κ1) is 19.5. The van der Waals surface area contributed by atoms with Gasteiger partial charge in [0.1, 0.15) is 0 Å². The minimum Gasteiger partial charge on any atom is -0.261 e. The number of rotatable bonds is 5. The number of benzene rings is 1. The van der Waals surface area contributed by atoms with E-state index in [9.17, 15) is 8.42 Å². The van der Waals surface area contributed by atoms with Crippen molar-refractivity contribution in [3.8, 4) is 22.4 Å². The van der Waals surface area contributed by atoms with Crippen molar-refractivity contribution >= 4 is 21.4 Å². The van der Waals surface area contributed by atoms with Gasteiger partial charge in [-0.25, -0.2) is 8.42 Å². The van der Waals surface area contributed by atoms with E-state index >= 15 is 0 Å². The van der Waals surface area contributed by atoms with E-state index in [-0.39, 0.29) is 4.90 Å². The van der Waals surface area contributed by atoms with Gasteiger partial charge in [0.25, 0.3) is 0 Å². The van der Waals surface area contributed by atoms with Crippen molar-refractivity contribution < 1.29 is 8.42 Å². The summed E-state index contributed by atoms with van der Waals surface area (Å²) < 4.78 is 23.5. The number of aromatic nitrogens is 2. The summed E-state index contributed by atoms with van der Waals surface area (Å²) in [6.07, 6.45) is 4.73. The first-order valence-corrected chi connectivity index (χ1v) is 11.0. The van der Waals surface area contributed by atoms with Gasteiger partial charge in [-0.05, 0) is 49.2 Å². The molecule has 0 saturated heterocycles. The Hall–Kier alpha value is -2.24. The lowest BCUT2D eigenvalue weighted by Gasteiger charge is -2.13. The molecular formula is C21H21ClN2O2S. The maximum atomic E-state index is 11.7. The zero-order valence-corrected chi connectivity index (χ0v) is 17.1. The Balaban J connectivity index is 2.18. The fourth-order valence-electron chi connectivity index (χ4n) is 2.87. The molecule has 0 amide bonds. The molecule has 0 aliphatic carbocycles. The van der Waals surface area contributed by atoms with Gasteiger partial charge in [0.05, 0.1) is 21.3 Å². The molecule has 0 spiro atoms. The summed E-state index contributed by atoms with van der Waals surface area (Å²) in [6, 6.07) is 12.6. The maximum absolute atomic E-state index is 11.7. The highest BCUT2D eigenvalue weighted by atomic mass is 35.5. The van der Waals surface area contributed by atoms with E-state index in [2.05, 4.69) is 11.9 Å². The van der Waals surface area contributed by atoms with Crippen LogP contribution in [0.15, 0.2) is 53.6 Å². The van der Waals surface area contributed by atoms with Crippen LogP contribution in [0.5, 0.6) is 0 Å². The van der Waals surface area contributed by atoms with Gasteiger partial charge in [0.2, 0.25) is 0 Å². The van der Waals surface area contributed by atoms with Crippen LogP contribution >= 0.6 is 11.6 Å². The van der Waals surface area contributed by atoms with Crippen molar-refractivity contribution in [2.45, 2.75) is 31.6 Å². The highest BCUT2D eigenvalue weighted by Crippen LogP contribution is 2.34. The second-order valence-electron chi connectivity index (χ2n) is 6.55. The summed E-state index contributed by atoms with van der Waals surface area (Å²) in [4.78, 5) is 9.49. The fourth-order valence-corrected chi connectivity index (χ4v) is 3.75. The topological polar surface area (TPSA) is 59.9 Å². The third-order valence-corrected chi connectivity index (χ3v) is 5.77. The third-order valence-electron chi connectivity index (χ3n) is 4.31. The van der Waals surface area contributed by atoms with Crippen molar-refractivity contribution in [2.24, 2.45) is 0 Å². The molecule has 2 aromatic heterocycles. The van der Waals surface area contributed by atoms with Gasteiger partial charge in [0.15, 0.2) is 9.84 Å². The Morgan fingerprint density at radius 3 is 2.26 bits per heavy atom. The zero-order chi connectivity index (χ0) is 19.6. The van der Waals surface area contributed by atoms with E-state index in [0.29, 0.717) is 5.02 Å². The molecule has 4 nitrogen and oxygen atoms in total. The Bertz CT molecular complexity index is 1060. The minimum atomic E-state index is -3.24. The average molecular weight is 401 g/mol. The number of sulfone groups is 1. The quantitative estimate of drug-likeness (QED) is 0.595. The van der Waals surface area contributed by atoms with Gasteiger partial charge in [-0.3, -0.25) is 9.97 Å². The van der Waals surface area contributed by atoms with Crippen molar-refractivity contribution in [1.29, 1.82) is 0 Å². The lowest BCUT2D eigenvalue weighted by Crippen LogP contribution is -1.99. The molecular weight excluding hydrogens is 380 g/mol. The Labute approximate surface area is 165 Å². The van der Waals surface area contributed by atoms with Gasteiger partial charge in [-0.1, -0.05) is 37.1 Å². The number of nitrogens with zero attached hydrogens (tertiary/aromatic N) is 2. The number of hydrogen-bond donors (Lipinski definition) is 0. The van der Waals surface area contributed by atoms with E-state index in [1.54, 1.807) is 30.5 Å². The molecule has 0 aliphatic rings. The standard InChI is InChI=1S/C21H21ClN2O2S/c1-4-5-20-19(22)12-18(15-8-10-17(11-9-15)27(3,25)26)21(24-20)16-7-6-14(2)23-13-16/h6-13H,4-5H2,1-3H3. The Morgan fingerprint density at radius 1 is 1.04 bits per heavy atom. The molecule has 140 valence electrons. The zero-order valence-electron chi connectivity index (χ0n) is 15.5. The number of aryl methyl sites for hydroxylation is 2. The van der Waals surface area contributed by atoms with Gasteiger partial charge >= 0.3 is 0 Å². The van der Waals surface area contributed by atoms with Crippen LogP contribution in [0.3, 0.4) is 0 Å². The minimum absolute atomic E-state index is 0.284. The van der Waals surface area contributed by atoms with Gasteiger partial charge in [0, 0.05) is 29.3 Å². The van der Waals surface area contributed by atoms with Crippen molar-refractivity contribution in [1.82, 2.24) is 9.97 Å². The first-order valence-electron chi connectivity index (χ1n) is 8.72. The van der Waals surface area contributed by atoms with E-state index < -0.39 is 9.84 Å². The van der Waals surface area contributed by atoms with Crippen molar-refractivity contribution in [2.75, 3.05) is 6.26 Å². The smallest absolute Gasteiger partial charge is 0.175 e. The summed E-state index contributed by atoms with van der Waals surface area (Å²) in [5.74, 6) is 0. The first-order chi connectivity index (χ1) is 12.8. The molecule has 1 aromatic carbocycles. The second kappa shape index (κ2) is 7.79. The normalized spacial score (nSPS) is 11.6. The molecule has 3 aromatic rings. The van der Waals surface area contributed by atoms with E-state index in [4.69, 9.17) is 16.6 Å². The SMILES string of the molecule is CCCc1nc(-c2ccc(C)nc2)c(-c2ccc(S(C)(=O)=O)cc2)cc1Cl. The fraction of sp³-hybridized carbons (Fsp3) is 0.238. The molecule has 0 radical (unpaired) electrons. The number of halogens is 1. The van der Waals surface area contributed by atoms with Gasteiger partial charge in [-0.15, -0.1) is 0 Å². The summed E-state index contributed by atoms with van der Waals surface area (Å²) in [7, 11) is -3.24. The third kappa shape index (κ3) is 4.37. The lowest BCUT2D eigenvalue weighted by molar-refractivity contribution is 0.602. The van der Waals surface area contributed by atoms with Crippen LogP contribution in [0.1, 0.15) is 24.7 Å². The Morgan fingerprint density at radius 2 is 1.70 bits per heavy atom. The molecule has 6 heteroatoms. The van der Waals surface area contributed by atoms with E-state index in [1.807, 2.05) is 25.1 Å². The van der Waals surface area contributed by atoms with Crippen LogP contribution in [-0.4, -0.2) is 24.6 Å². The highest BCUT2D eigenvalue weighted by molar-refractivity contribution is 7.90. The van der Waals surface area contributed by atoms with Crippen LogP contribution in [0.2, 0.25) is 5.02 Å². The van der Waals surface area contributed by atoms with Gasteiger partial charge in [-0.2, -0.15) is 0 Å². The van der Waals surface area contributed by atoms with Crippen LogP contribution in [-0.2, 0) is 16.3 Å². The number of hydrogen-bond acceptors (Lipinski definition) is 4. The Kier molecular flexibility index (Phi) is 5.63. The molecule has 27 heavy (non-hydrogen) atoms. The maximum Gasteiger partial charge on any atom is 0.175 e.